The van der Waals surface area contributed by atoms with E-state index in [4.69, 9.17) is 20.0 Å². The third-order valence-electron chi connectivity index (χ3n) is 9.04. The molecule has 258 valence electrons. The van der Waals surface area contributed by atoms with Crippen LogP contribution in [0, 0.1) is 0 Å². The normalized spacial score (nSPS) is 11.7. The van der Waals surface area contributed by atoms with Gasteiger partial charge < -0.3 is 20.0 Å². The first kappa shape index (κ1) is 33.8. The topological polar surface area (TPSA) is 101 Å². The van der Waals surface area contributed by atoms with Crippen LogP contribution in [-0.2, 0) is 21.7 Å². The van der Waals surface area contributed by atoms with E-state index in [1.165, 1.54) is 7.11 Å². The largest absolute Gasteiger partial charge is 0.465 e. The van der Waals surface area contributed by atoms with E-state index in [-0.39, 0.29) is 5.84 Å². The van der Waals surface area contributed by atoms with Crippen LogP contribution in [0.1, 0.15) is 45.1 Å². The molecular weight excluding hydrogens is 649 g/mol. The number of para-hydroxylation sites is 1. The van der Waals surface area contributed by atoms with Gasteiger partial charge in [0.25, 0.3) is 6.01 Å². The summed E-state index contributed by atoms with van der Waals surface area (Å²) in [4.78, 5) is 24.0. The smallest absolute Gasteiger partial charge is 0.340 e. The summed E-state index contributed by atoms with van der Waals surface area (Å²) in [6.45, 7) is 2.77. The summed E-state index contributed by atoms with van der Waals surface area (Å²) in [5.74, 6) is -0.188. The van der Waals surface area contributed by atoms with Gasteiger partial charge >= 0.3 is 5.97 Å². The Balaban J connectivity index is 1.24. The number of carbonyl (C=O) groups is 1. The number of ether oxygens (including phenoxy) is 2. The van der Waals surface area contributed by atoms with Crippen molar-refractivity contribution in [1.29, 1.82) is 0 Å². The average Bonchev–Trinajstić information content (AvgIpc) is 3.56. The van der Waals surface area contributed by atoms with Crippen LogP contribution in [0.15, 0.2) is 163 Å². The van der Waals surface area contributed by atoms with E-state index < -0.39 is 11.6 Å². The molecule has 0 unspecified atom stereocenters. The molecule has 0 aliphatic rings. The molecule has 6 aromatic carbocycles. The Labute approximate surface area is 302 Å². The minimum Gasteiger partial charge on any atom is -0.465 e. The molecule has 7 aromatic rings. The zero-order valence-corrected chi connectivity index (χ0v) is 29.0. The number of carbonyl (C=O) groups excluding carboxylic acids is 1. The van der Waals surface area contributed by atoms with Gasteiger partial charge in [-0.05, 0) is 35.7 Å². The molecule has 8 nitrogen and oxygen atoms in total. The first-order valence-corrected chi connectivity index (χ1v) is 17.1. The summed E-state index contributed by atoms with van der Waals surface area (Å²) in [6.07, 6.45) is 0. The van der Waals surface area contributed by atoms with Gasteiger partial charge in [-0.2, -0.15) is 4.98 Å². The van der Waals surface area contributed by atoms with E-state index in [0.717, 1.165) is 38.9 Å². The van der Waals surface area contributed by atoms with Gasteiger partial charge in [0.15, 0.2) is 5.84 Å². The molecular formula is C44H38N4O4. The highest BCUT2D eigenvalue weighted by Crippen LogP contribution is 2.41. The Kier molecular flexibility index (Phi) is 9.79. The second-order valence-corrected chi connectivity index (χ2v) is 12.2. The van der Waals surface area contributed by atoms with Crippen LogP contribution in [-0.4, -0.2) is 35.1 Å². The molecule has 0 radical (unpaired) electrons. The lowest BCUT2D eigenvalue weighted by atomic mass is 9.80. The molecule has 52 heavy (non-hydrogen) atoms. The lowest BCUT2D eigenvalue weighted by Gasteiger charge is -2.33. The lowest BCUT2D eigenvalue weighted by Crippen LogP contribution is -2.32. The number of methoxy groups -OCH3 is 1. The van der Waals surface area contributed by atoms with Gasteiger partial charge in [0, 0.05) is 22.3 Å². The van der Waals surface area contributed by atoms with Crippen molar-refractivity contribution in [1.82, 2.24) is 9.55 Å². The number of hydrogen-bond donors (Lipinski definition) is 1. The average molecular weight is 687 g/mol. The minimum absolute atomic E-state index is 0.244. The van der Waals surface area contributed by atoms with Gasteiger partial charge in [0.05, 0.1) is 36.9 Å². The molecule has 2 N–H and O–H groups in total. The van der Waals surface area contributed by atoms with Gasteiger partial charge in [-0.3, -0.25) is 4.57 Å². The molecule has 1 heterocycles. The van der Waals surface area contributed by atoms with Gasteiger partial charge in [0.2, 0.25) is 5.60 Å². The van der Waals surface area contributed by atoms with Crippen molar-refractivity contribution < 1.29 is 19.1 Å². The molecule has 7 rings (SSSR count). The monoisotopic (exact) mass is 686 g/mol. The molecule has 0 amide bonds. The number of imidazole rings is 1. The fourth-order valence-corrected chi connectivity index (χ4v) is 6.60. The van der Waals surface area contributed by atoms with E-state index in [0.29, 0.717) is 35.8 Å². The van der Waals surface area contributed by atoms with Crippen molar-refractivity contribution in [2.45, 2.75) is 19.1 Å². The van der Waals surface area contributed by atoms with E-state index in [2.05, 4.69) is 10.1 Å². The van der Waals surface area contributed by atoms with Crippen LogP contribution in [0.2, 0.25) is 0 Å². The van der Waals surface area contributed by atoms with E-state index in [1.807, 2.05) is 157 Å². The first-order valence-electron chi connectivity index (χ1n) is 17.1. The maximum Gasteiger partial charge on any atom is 0.340 e. The SMILES string of the molecule is CCOc1nc2cccc(C(=O)OC)c2n1Cc1ccc(-c2ccccc2C(N)=NOC(c2ccccc2)(c2ccccc2)c2ccccc2)cc1. The fourth-order valence-electron chi connectivity index (χ4n) is 6.60. The van der Waals surface area contributed by atoms with E-state index in [9.17, 15) is 4.79 Å². The van der Waals surface area contributed by atoms with Crippen LogP contribution in [0.3, 0.4) is 0 Å². The van der Waals surface area contributed by atoms with Gasteiger partial charge in [-0.1, -0.05) is 151 Å². The molecule has 1 aromatic heterocycles. The number of benzene rings is 6. The molecule has 0 saturated carbocycles. The number of amidine groups is 1. The Hall–Kier alpha value is -6.67. The van der Waals surface area contributed by atoms with Crippen molar-refractivity contribution in [3.8, 4) is 17.1 Å². The third kappa shape index (κ3) is 6.50. The number of fused-ring (bicyclic) bond motifs is 1. The first-order chi connectivity index (χ1) is 25.5. The van der Waals surface area contributed by atoms with Crippen LogP contribution < -0.4 is 10.5 Å². The zero-order valence-electron chi connectivity index (χ0n) is 29.0. The quantitative estimate of drug-likeness (QED) is 0.0455. The van der Waals surface area contributed by atoms with Gasteiger partial charge in [-0.25, -0.2) is 4.79 Å². The standard InChI is InChI=1S/C44H38N4O4/c1-3-51-43-46-39-25-15-24-38(42(49)50-2)40(39)48(43)30-31-26-28-32(29-27-31)36-22-13-14-23-37(36)41(45)47-52-44(33-16-7-4-8-17-33,34-18-9-5-10-19-34)35-20-11-6-12-21-35/h4-29H,3,30H2,1-2H3,(H2,45,47). The van der Waals surface area contributed by atoms with Crippen molar-refractivity contribution in [2.75, 3.05) is 13.7 Å². The van der Waals surface area contributed by atoms with E-state index in [1.54, 1.807) is 12.1 Å². The number of aromatic nitrogens is 2. The number of nitrogens with two attached hydrogens (primary N) is 1. The highest BCUT2D eigenvalue weighted by molar-refractivity contribution is 6.03. The lowest BCUT2D eigenvalue weighted by molar-refractivity contribution is 0.0171. The van der Waals surface area contributed by atoms with Gasteiger partial charge in [-0.15, -0.1) is 0 Å². The molecule has 0 aliphatic carbocycles. The van der Waals surface area contributed by atoms with Crippen molar-refractivity contribution in [3.05, 3.63) is 191 Å². The van der Waals surface area contributed by atoms with Crippen molar-refractivity contribution >= 4 is 22.8 Å². The molecule has 0 bridgehead atoms. The van der Waals surface area contributed by atoms with Crippen molar-refractivity contribution in [3.63, 3.8) is 0 Å². The number of esters is 1. The predicted octanol–water partition coefficient (Wildman–Crippen LogP) is 8.57. The number of rotatable bonds is 12. The van der Waals surface area contributed by atoms with E-state index >= 15 is 0 Å². The summed E-state index contributed by atoms with van der Waals surface area (Å²) in [5, 5.41) is 4.67. The zero-order chi connectivity index (χ0) is 35.9. The summed E-state index contributed by atoms with van der Waals surface area (Å²) in [5.41, 5.74) is 13.8. The molecule has 0 fully saturated rings. The van der Waals surface area contributed by atoms with Crippen LogP contribution in [0.4, 0.5) is 0 Å². The minimum atomic E-state index is -1.06. The van der Waals surface area contributed by atoms with Crippen LogP contribution in [0.25, 0.3) is 22.2 Å². The van der Waals surface area contributed by atoms with Crippen LogP contribution in [0.5, 0.6) is 6.01 Å². The Morgan fingerprint density at radius 1 is 0.712 bits per heavy atom. The molecule has 8 heteroatoms. The Morgan fingerprint density at radius 2 is 1.27 bits per heavy atom. The second-order valence-electron chi connectivity index (χ2n) is 12.2. The van der Waals surface area contributed by atoms with Crippen molar-refractivity contribution in [2.24, 2.45) is 10.9 Å². The Bertz CT molecular complexity index is 2220. The highest BCUT2D eigenvalue weighted by atomic mass is 16.7. The van der Waals surface area contributed by atoms with Gasteiger partial charge in [0.1, 0.15) is 0 Å². The summed E-state index contributed by atoms with van der Waals surface area (Å²) in [6, 6.07) is 52.1. The summed E-state index contributed by atoms with van der Waals surface area (Å²) in [7, 11) is 1.37. The predicted molar refractivity (Wildman–Crippen MR) is 204 cm³/mol. The maximum absolute atomic E-state index is 12.7. The molecule has 0 atom stereocenters. The Morgan fingerprint density at radius 3 is 1.85 bits per heavy atom. The molecule has 0 saturated heterocycles. The number of hydrogen-bond acceptors (Lipinski definition) is 6. The maximum atomic E-state index is 12.7. The summed E-state index contributed by atoms with van der Waals surface area (Å²) >= 11 is 0. The highest BCUT2D eigenvalue weighted by Gasteiger charge is 2.39. The molecule has 0 aliphatic heterocycles. The number of nitrogens with zero attached hydrogens (tertiary/aromatic N) is 3. The summed E-state index contributed by atoms with van der Waals surface area (Å²) < 4.78 is 12.9. The van der Waals surface area contributed by atoms with Crippen LogP contribution >= 0.6 is 0 Å². The molecule has 0 spiro atoms. The number of oxime groups is 1. The third-order valence-corrected chi connectivity index (χ3v) is 9.04. The second kappa shape index (κ2) is 15.1. The fraction of sp³-hybridized carbons (Fsp3) is 0.114.